The van der Waals surface area contributed by atoms with Crippen LogP contribution in [0.4, 0.5) is 0 Å². The number of hydrogen-bond acceptors (Lipinski definition) is 3. The Morgan fingerprint density at radius 3 is 2.96 bits per heavy atom. The summed E-state index contributed by atoms with van der Waals surface area (Å²) in [5, 5.41) is 10.7. The molecule has 3 unspecified atom stereocenters. The standard InChI is InChI=1S/C21H17N3O2/c1-23-18-12-16(18)21(26,20(23)25)9-8-14-5-4-6-15(11-14)19-17-7-2-3-10-24(17)13-22-19/h2-7,10-11,13,16,18,26H,12H2,1H3. The van der Waals surface area contributed by atoms with Crippen molar-refractivity contribution in [1.82, 2.24) is 14.3 Å². The molecule has 0 spiro atoms. The van der Waals surface area contributed by atoms with Gasteiger partial charge in [0.15, 0.2) is 0 Å². The summed E-state index contributed by atoms with van der Waals surface area (Å²) < 4.78 is 1.97. The lowest BCUT2D eigenvalue weighted by atomic mass is 9.98. The van der Waals surface area contributed by atoms with Crippen LogP contribution in [0.25, 0.3) is 16.8 Å². The first kappa shape index (κ1) is 15.2. The maximum Gasteiger partial charge on any atom is 0.267 e. The summed E-state index contributed by atoms with van der Waals surface area (Å²) in [5.41, 5.74) is 2.07. The first-order valence-electron chi connectivity index (χ1n) is 8.63. The van der Waals surface area contributed by atoms with Gasteiger partial charge in [-0.15, -0.1) is 0 Å². The van der Waals surface area contributed by atoms with E-state index in [0.717, 1.165) is 28.8 Å². The van der Waals surface area contributed by atoms with Crippen molar-refractivity contribution in [2.75, 3.05) is 7.05 Å². The van der Waals surface area contributed by atoms with Crippen LogP contribution in [0.2, 0.25) is 0 Å². The molecule has 2 fully saturated rings. The fourth-order valence-corrected chi connectivity index (χ4v) is 3.86. The molecule has 3 aromatic rings. The molecule has 1 saturated carbocycles. The average Bonchev–Trinajstić information content (AvgIpc) is 3.33. The van der Waals surface area contributed by atoms with E-state index in [1.54, 1.807) is 18.3 Å². The summed E-state index contributed by atoms with van der Waals surface area (Å²) in [5.74, 6) is 5.50. The van der Waals surface area contributed by atoms with Crippen molar-refractivity contribution < 1.29 is 9.90 Å². The van der Waals surface area contributed by atoms with Crippen LogP contribution in [0.3, 0.4) is 0 Å². The van der Waals surface area contributed by atoms with Crippen LogP contribution >= 0.6 is 0 Å². The summed E-state index contributed by atoms with van der Waals surface area (Å²) in [4.78, 5) is 18.4. The highest BCUT2D eigenvalue weighted by Gasteiger charge is 2.66. The molecule has 5 nitrogen and oxygen atoms in total. The molecule has 1 amide bonds. The van der Waals surface area contributed by atoms with Gasteiger partial charge in [0.25, 0.3) is 5.91 Å². The van der Waals surface area contributed by atoms with Gasteiger partial charge in [-0.2, -0.15) is 0 Å². The van der Waals surface area contributed by atoms with Crippen molar-refractivity contribution in [3.8, 4) is 23.1 Å². The molecule has 128 valence electrons. The van der Waals surface area contributed by atoms with Gasteiger partial charge in [-0.1, -0.05) is 30.0 Å². The first-order valence-corrected chi connectivity index (χ1v) is 8.63. The molecular formula is C21H17N3O2. The zero-order valence-corrected chi connectivity index (χ0v) is 14.3. The summed E-state index contributed by atoms with van der Waals surface area (Å²) in [6.45, 7) is 0. The van der Waals surface area contributed by atoms with E-state index in [9.17, 15) is 9.90 Å². The highest BCUT2D eigenvalue weighted by molar-refractivity contribution is 5.93. The number of rotatable bonds is 1. The van der Waals surface area contributed by atoms with Gasteiger partial charge < -0.3 is 14.4 Å². The molecule has 0 radical (unpaired) electrons. The zero-order chi connectivity index (χ0) is 17.9. The van der Waals surface area contributed by atoms with Crippen molar-refractivity contribution in [2.24, 2.45) is 5.92 Å². The second-order valence-electron chi connectivity index (χ2n) is 7.01. The number of likely N-dealkylation sites (N-methyl/N-ethyl adjacent to an activating group) is 1. The Hall–Kier alpha value is -3.10. The summed E-state index contributed by atoms with van der Waals surface area (Å²) in [7, 11) is 1.73. The third kappa shape index (κ3) is 2.09. The van der Waals surface area contributed by atoms with Crippen LogP contribution < -0.4 is 0 Å². The van der Waals surface area contributed by atoms with E-state index in [1.807, 2.05) is 53.1 Å². The minimum atomic E-state index is -1.55. The van der Waals surface area contributed by atoms with Gasteiger partial charge in [-0.25, -0.2) is 4.98 Å². The lowest BCUT2D eigenvalue weighted by molar-refractivity contribution is -0.140. The number of piperidine rings is 1. The predicted octanol–water partition coefficient (Wildman–Crippen LogP) is 1.94. The van der Waals surface area contributed by atoms with E-state index >= 15 is 0 Å². The number of nitrogens with zero attached hydrogens (tertiary/aromatic N) is 3. The van der Waals surface area contributed by atoms with E-state index < -0.39 is 5.60 Å². The Morgan fingerprint density at radius 1 is 1.27 bits per heavy atom. The minimum absolute atomic E-state index is 0.0623. The normalized spacial score (nSPS) is 26.5. The second kappa shape index (κ2) is 5.20. The summed E-state index contributed by atoms with van der Waals surface area (Å²) in [6, 6.07) is 13.8. The molecule has 1 aliphatic heterocycles. The number of benzene rings is 1. The number of carbonyl (C=O) groups excluding carboxylic acids is 1. The lowest BCUT2D eigenvalue weighted by Crippen LogP contribution is -2.41. The van der Waals surface area contributed by atoms with E-state index in [2.05, 4.69) is 16.8 Å². The Labute approximate surface area is 150 Å². The maximum absolute atomic E-state index is 12.2. The molecule has 2 aromatic heterocycles. The van der Waals surface area contributed by atoms with E-state index in [4.69, 9.17) is 0 Å². The Bertz CT molecular complexity index is 1110. The average molecular weight is 343 g/mol. The smallest absolute Gasteiger partial charge is 0.267 e. The molecule has 1 saturated heterocycles. The van der Waals surface area contributed by atoms with Crippen LogP contribution in [0, 0.1) is 17.8 Å². The number of hydrogen-bond donors (Lipinski definition) is 1. The Kier molecular flexibility index (Phi) is 3.03. The highest BCUT2D eigenvalue weighted by Crippen LogP contribution is 2.50. The monoisotopic (exact) mass is 343 g/mol. The summed E-state index contributed by atoms with van der Waals surface area (Å²) in [6.07, 6.45) is 4.57. The lowest BCUT2D eigenvalue weighted by Gasteiger charge is -2.18. The first-order chi connectivity index (χ1) is 12.6. The highest BCUT2D eigenvalue weighted by atomic mass is 16.3. The molecular weight excluding hydrogens is 326 g/mol. The van der Waals surface area contributed by atoms with Crippen LogP contribution in [-0.4, -0.2) is 44.0 Å². The van der Waals surface area contributed by atoms with E-state index in [0.29, 0.717) is 0 Å². The summed E-state index contributed by atoms with van der Waals surface area (Å²) >= 11 is 0. The number of fused-ring (bicyclic) bond motifs is 2. The van der Waals surface area contributed by atoms with Crippen molar-refractivity contribution in [2.45, 2.75) is 18.1 Å². The molecule has 5 rings (SSSR count). The number of carbonyl (C=O) groups is 1. The molecule has 26 heavy (non-hydrogen) atoms. The van der Waals surface area contributed by atoms with Crippen LogP contribution in [0.15, 0.2) is 55.0 Å². The Morgan fingerprint density at radius 2 is 2.15 bits per heavy atom. The number of pyridine rings is 1. The van der Waals surface area contributed by atoms with Crippen LogP contribution in [0.5, 0.6) is 0 Å². The number of aliphatic hydroxyl groups is 1. The predicted molar refractivity (Wildman–Crippen MR) is 97.1 cm³/mol. The van der Waals surface area contributed by atoms with Crippen LogP contribution in [0.1, 0.15) is 12.0 Å². The topological polar surface area (TPSA) is 57.8 Å². The maximum atomic E-state index is 12.2. The third-order valence-electron chi connectivity index (χ3n) is 5.41. The molecule has 1 aromatic carbocycles. The quantitative estimate of drug-likeness (QED) is 0.687. The molecule has 3 atom stereocenters. The van der Waals surface area contributed by atoms with Gasteiger partial charge in [0.05, 0.1) is 17.5 Å². The van der Waals surface area contributed by atoms with Gasteiger partial charge in [0, 0.05) is 36.3 Å². The van der Waals surface area contributed by atoms with Crippen molar-refractivity contribution >= 4 is 11.4 Å². The SMILES string of the molecule is CN1C(=O)C(O)(C#Cc2cccc(-c3ncn4ccccc34)c2)C2CC21. The molecule has 1 N–H and O–H groups in total. The number of likely N-dealkylation sites (tertiary alicyclic amines) is 1. The third-order valence-corrected chi connectivity index (χ3v) is 5.41. The number of amides is 1. The van der Waals surface area contributed by atoms with Crippen molar-refractivity contribution in [1.29, 1.82) is 0 Å². The van der Waals surface area contributed by atoms with Crippen molar-refractivity contribution in [3.63, 3.8) is 0 Å². The second-order valence-corrected chi connectivity index (χ2v) is 7.01. The molecule has 2 aliphatic rings. The van der Waals surface area contributed by atoms with Gasteiger partial charge in [0.1, 0.15) is 0 Å². The van der Waals surface area contributed by atoms with Gasteiger partial charge in [-0.3, -0.25) is 4.79 Å². The van der Waals surface area contributed by atoms with Crippen LogP contribution in [-0.2, 0) is 4.79 Å². The zero-order valence-electron chi connectivity index (χ0n) is 14.3. The Balaban J connectivity index is 1.52. The van der Waals surface area contributed by atoms with Crippen molar-refractivity contribution in [3.05, 3.63) is 60.6 Å². The molecule has 1 aliphatic carbocycles. The number of imidazole rings is 1. The van der Waals surface area contributed by atoms with E-state index in [1.165, 1.54) is 0 Å². The molecule has 5 heteroatoms. The molecule has 0 bridgehead atoms. The van der Waals surface area contributed by atoms with Gasteiger partial charge in [0.2, 0.25) is 5.60 Å². The molecule has 3 heterocycles. The largest absolute Gasteiger partial charge is 0.369 e. The fraction of sp³-hybridized carbons (Fsp3) is 0.238. The number of aromatic nitrogens is 2. The van der Waals surface area contributed by atoms with E-state index in [-0.39, 0.29) is 17.9 Å². The van der Waals surface area contributed by atoms with Gasteiger partial charge >= 0.3 is 0 Å². The fourth-order valence-electron chi connectivity index (χ4n) is 3.86. The van der Waals surface area contributed by atoms with Gasteiger partial charge in [-0.05, 0) is 30.7 Å². The minimum Gasteiger partial charge on any atom is -0.369 e.